The van der Waals surface area contributed by atoms with Crippen LogP contribution in [0.2, 0.25) is 0 Å². The second kappa shape index (κ2) is 8.00. The van der Waals surface area contributed by atoms with Crippen LogP contribution in [0.1, 0.15) is 32.8 Å². The van der Waals surface area contributed by atoms with Gasteiger partial charge in [0, 0.05) is 24.2 Å². The quantitative estimate of drug-likeness (QED) is 0.794. The van der Waals surface area contributed by atoms with Crippen molar-refractivity contribution in [2.75, 3.05) is 21.3 Å². The van der Waals surface area contributed by atoms with E-state index in [0.717, 1.165) is 30.0 Å². The first-order chi connectivity index (χ1) is 9.51. The Morgan fingerprint density at radius 2 is 1.45 bits per heavy atom. The van der Waals surface area contributed by atoms with Gasteiger partial charge in [-0.25, -0.2) is 0 Å². The van der Waals surface area contributed by atoms with Gasteiger partial charge in [-0.1, -0.05) is 13.8 Å². The first-order valence-corrected chi connectivity index (χ1v) is 7.04. The van der Waals surface area contributed by atoms with Crippen LogP contribution in [0, 0.1) is 5.92 Å². The van der Waals surface area contributed by atoms with Crippen molar-refractivity contribution in [2.45, 2.75) is 39.8 Å². The smallest absolute Gasteiger partial charge is 0.164 e. The zero-order valence-corrected chi connectivity index (χ0v) is 13.4. The fourth-order valence-corrected chi connectivity index (χ4v) is 2.31. The highest BCUT2D eigenvalue weighted by molar-refractivity contribution is 5.50. The molecule has 1 unspecified atom stereocenters. The van der Waals surface area contributed by atoms with Crippen molar-refractivity contribution in [1.82, 2.24) is 5.32 Å². The summed E-state index contributed by atoms with van der Waals surface area (Å²) in [6.07, 6.45) is 1.15. The summed E-state index contributed by atoms with van der Waals surface area (Å²) in [7, 11) is 4.94. The first-order valence-electron chi connectivity index (χ1n) is 7.04. The van der Waals surface area contributed by atoms with E-state index >= 15 is 0 Å². The van der Waals surface area contributed by atoms with E-state index in [1.165, 1.54) is 0 Å². The van der Waals surface area contributed by atoms with E-state index in [4.69, 9.17) is 14.2 Å². The number of benzene rings is 1. The first kappa shape index (κ1) is 16.6. The van der Waals surface area contributed by atoms with Crippen LogP contribution in [0.5, 0.6) is 17.2 Å². The van der Waals surface area contributed by atoms with E-state index in [-0.39, 0.29) is 0 Å². The van der Waals surface area contributed by atoms with Crippen molar-refractivity contribution < 1.29 is 14.2 Å². The average Bonchev–Trinajstić information content (AvgIpc) is 2.43. The highest BCUT2D eigenvalue weighted by Crippen LogP contribution is 2.34. The molecule has 0 spiro atoms. The van der Waals surface area contributed by atoms with E-state index < -0.39 is 0 Å². The van der Waals surface area contributed by atoms with Gasteiger partial charge in [-0.05, 0) is 25.3 Å². The molecule has 0 saturated carbocycles. The minimum atomic E-state index is 0.466. The zero-order chi connectivity index (χ0) is 15.1. The highest BCUT2D eigenvalue weighted by Gasteiger charge is 2.13. The van der Waals surface area contributed by atoms with Gasteiger partial charge in [0.25, 0.3) is 0 Å². The Morgan fingerprint density at radius 1 is 0.900 bits per heavy atom. The van der Waals surface area contributed by atoms with Gasteiger partial charge in [-0.15, -0.1) is 0 Å². The van der Waals surface area contributed by atoms with Crippen LogP contribution < -0.4 is 19.5 Å². The van der Waals surface area contributed by atoms with Crippen LogP contribution in [0.25, 0.3) is 0 Å². The molecule has 0 saturated heterocycles. The van der Waals surface area contributed by atoms with Crippen molar-refractivity contribution in [3.63, 3.8) is 0 Å². The minimum absolute atomic E-state index is 0.466. The summed E-state index contributed by atoms with van der Waals surface area (Å²) in [5.74, 6) is 2.90. The van der Waals surface area contributed by atoms with Gasteiger partial charge in [0.1, 0.15) is 5.75 Å². The van der Waals surface area contributed by atoms with Crippen LogP contribution in [-0.2, 0) is 6.54 Å². The second-order valence-electron chi connectivity index (χ2n) is 5.43. The normalized spacial score (nSPS) is 12.3. The number of hydrogen-bond donors (Lipinski definition) is 1. The van der Waals surface area contributed by atoms with E-state index in [1.54, 1.807) is 21.3 Å². The van der Waals surface area contributed by atoms with Crippen LogP contribution >= 0.6 is 0 Å². The van der Waals surface area contributed by atoms with Gasteiger partial charge in [0.2, 0.25) is 0 Å². The molecule has 1 aromatic rings. The van der Waals surface area contributed by atoms with Gasteiger partial charge >= 0.3 is 0 Å². The number of methoxy groups -OCH3 is 3. The van der Waals surface area contributed by atoms with Crippen molar-refractivity contribution in [3.8, 4) is 17.2 Å². The van der Waals surface area contributed by atoms with Crippen LogP contribution in [0.15, 0.2) is 12.1 Å². The maximum atomic E-state index is 5.43. The lowest BCUT2D eigenvalue weighted by atomic mass is 10.0. The Balaban J connectivity index is 2.82. The van der Waals surface area contributed by atoms with Gasteiger partial charge < -0.3 is 19.5 Å². The number of hydrogen-bond acceptors (Lipinski definition) is 4. The zero-order valence-electron chi connectivity index (χ0n) is 13.4. The topological polar surface area (TPSA) is 39.7 Å². The van der Waals surface area contributed by atoms with E-state index in [2.05, 4.69) is 26.1 Å². The minimum Gasteiger partial charge on any atom is -0.496 e. The van der Waals surface area contributed by atoms with Gasteiger partial charge in [0.15, 0.2) is 11.5 Å². The molecule has 0 aliphatic rings. The SMILES string of the molecule is COc1cc(OC)c(OC)cc1CNC(C)CC(C)C. The van der Waals surface area contributed by atoms with Crippen LogP contribution in [-0.4, -0.2) is 27.4 Å². The highest BCUT2D eigenvalue weighted by atomic mass is 16.5. The lowest BCUT2D eigenvalue weighted by Gasteiger charge is -2.18. The van der Waals surface area contributed by atoms with Crippen molar-refractivity contribution in [3.05, 3.63) is 17.7 Å². The number of ether oxygens (including phenoxy) is 3. The fourth-order valence-electron chi connectivity index (χ4n) is 2.31. The third-order valence-electron chi connectivity index (χ3n) is 3.25. The van der Waals surface area contributed by atoms with Gasteiger partial charge in [0.05, 0.1) is 21.3 Å². The molecule has 1 N–H and O–H groups in total. The fraction of sp³-hybridized carbons (Fsp3) is 0.625. The second-order valence-corrected chi connectivity index (χ2v) is 5.43. The standard InChI is InChI=1S/C16H27NO3/c1-11(2)7-12(3)17-10-13-8-15(19-5)16(20-6)9-14(13)18-4/h8-9,11-12,17H,7,10H2,1-6H3. The number of rotatable bonds is 8. The predicted molar refractivity (Wildman–Crippen MR) is 81.9 cm³/mol. The molecule has 114 valence electrons. The molecule has 0 aliphatic carbocycles. The Labute approximate surface area is 122 Å². The molecular weight excluding hydrogens is 254 g/mol. The molecule has 0 amide bonds. The molecule has 0 fully saturated rings. The molecule has 0 bridgehead atoms. The van der Waals surface area contributed by atoms with Crippen LogP contribution in [0.4, 0.5) is 0 Å². The van der Waals surface area contributed by atoms with E-state index in [0.29, 0.717) is 17.7 Å². The molecule has 0 aromatic heterocycles. The summed E-state index contributed by atoms with van der Waals surface area (Å²) < 4.78 is 16.1. The Bertz CT molecular complexity index is 418. The molecule has 0 heterocycles. The summed E-state index contributed by atoms with van der Waals surface area (Å²) in [6.45, 7) is 7.41. The molecule has 4 nitrogen and oxygen atoms in total. The third kappa shape index (κ3) is 4.60. The lowest BCUT2D eigenvalue weighted by molar-refractivity contribution is 0.346. The molecular formula is C16H27NO3. The molecule has 1 aromatic carbocycles. The molecule has 0 radical (unpaired) electrons. The average molecular weight is 281 g/mol. The Morgan fingerprint density at radius 3 is 1.95 bits per heavy atom. The number of nitrogens with one attached hydrogen (secondary N) is 1. The van der Waals surface area contributed by atoms with E-state index in [9.17, 15) is 0 Å². The molecule has 4 heteroatoms. The van der Waals surface area contributed by atoms with Gasteiger partial charge in [-0.2, -0.15) is 0 Å². The summed E-state index contributed by atoms with van der Waals surface area (Å²) in [6, 6.07) is 4.29. The Kier molecular flexibility index (Phi) is 6.65. The molecule has 20 heavy (non-hydrogen) atoms. The summed E-state index contributed by atoms with van der Waals surface area (Å²) in [5.41, 5.74) is 1.07. The predicted octanol–water partition coefficient (Wildman–Crippen LogP) is 3.24. The van der Waals surface area contributed by atoms with Crippen LogP contribution in [0.3, 0.4) is 0 Å². The summed E-state index contributed by atoms with van der Waals surface area (Å²) >= 11 is 0. The molecule has 1 atom stereocenters. The maximum Gasteiger partial charge on any atom is 0.164 e. The lowest BCUT2D eigenvalue weighted by Crippen LogP contribution is -2.27. The van der Waals surface area contributed by atoms with Crippen molar-refractivity contribution in [2.24, 2.45) is 5.92 Å². The van der Waals surface area contributed by atoms with Crippen molar-refractivity contribution in [1.29, 1.82) is 0 Å². The van der Waals surface area contributed by atoms with E-state index in [1.807, 2.05) is 12.1 Å². The molecule has 0 aliphatic heterocycles. The monoisotopic (exact) mass is 281 g/mol. The van der Waals surface area contributed by atoms with Crippen molar-refractivity contribution >= 4 is 0 Å². The molecule has 1 rings (SSSR count). The maximum absolute atomic E-state index is 5.43. The Hall–Kier alpha value is -1.42. The third-order valence-corrected chi connectivity index (χ3v) is 3.25. The van der Waals surface area contributed by atoms with Gasteiger partial charge in [-0.3, -0.25) is 0 Å². The largest absolute Gasteiger partial charge is 0.496 e. The summed E-state index contributed by atoms with van der Waals surface area (Å²) in [5, 5.41) is 3.52. The summed E-state index contributed by atoms with van der Waals surface area (Å²) in [4.78, 5) is 0.